The Bertz CT molecular complexity index is 1680. The molecule has 0 aliphatic carbocycles. The Hall–Kier alpha value is -5.38. The summed E-state index contributed by atoms with van der Waals surface area (Å²) in [4.78, 5) is 43.9. The van der Waals surface area contributed by atoms with Gasteiger partial charge in [-0.1, -0.05) is 48.5 Å². The van der Waals surface area contributed by atoms with Gasteiger partial charge in [0.25, 0.3) is 5.91 Å². The summed E-state index contributed by atoms with van der Waals surface area (Å²) in [6, 6.07) is 25.5. The first kappa shape index (κ1) is 36.5. The number of nitrogens with one attached hydrogen (secondary N) is 2. The van der Waals surface area contributed by atoms with Crippen LogP contribution in [-0.2, 0) is 25.5 Å². The molecule has 0 saturated heterocycles. The summed E-state index contributed by atoms with van der Waals surface area (Å²) in [5, 5.41) is 5.88. The van der Waals surface area contributed by atoms with Crippen molar-refractivity contribution in [1.82, 2.24) is 15.6 Å². The predicted molar refractivity (Wildman–Crippen MR) is 187 cm³/mol. The van der Waals surface area contributed by atoms with Gasteiger partial charge in [-0.2, -0.15) is 0 Å². The maximum Gasteiger partial charge on any atom is 0.307 e. The highest BCUT2D eigenvalue weighted by molar-refractivity contribution is 5.85. The molecule has 2 amide bonds. The summed E-state index contributed by atoms with van der Waals surface area (Å²) in [5.74, 6) is -0.229. The number of hydrogen-bond acceptors (Lipinski definition) is 8. The van der Waals surface area contributed by atoms with Crippen molar-refractivity contribution >= 4 is 17.8 Å². The van der Waals surface area contributed by atoms with Gasteiger partial charge in [0.05, 0.1) is 38.3 Å². The van der Waals surface area contributed by atoms with Crippen LogP contribution in [0.4, 0.5) is 0 Å². The molecule has 0 bridgehead atoms. The van der Waals surface area contributed by atoms with E-state index in [0.29, 0.717) is 29.4 Å². The Balaban J connectivity index is 1.65. The summed E-state index contributed by atoms with van der Waals surface area (Å²) < 4.78 is 22.4. The van der Waals surface area contributed by atoms with E-state index in [-0.39, 0.29) is 31.3 Å². The minimum atomic E-state index is -0.773. The fourth-order valence-corrected chi connectivity index (χ4v) is 5.26. The van der Waals surface area contributed by atoms with Gasteiger partial charge in [0.2, 0.25) is 5.91 Å². The van der Waals surface area contributed by atoms with E-state index in [9.17, 15) is 14.4 Å². The smallest absolute Gasteiger partial charge is 0.307 e. The lowest BCUT2D eigenvalue weighted by atomic mass is 9.93. The summed E-state index contributed by atoms with van der Waals surface area (Å²) >= 11 is 0. The highest BCUT2D eigenvalue weighted by atomic mass is 16.6. The van der Waals surface area contributed by atoms with E-state index < -0.39 is 23.5 Å². The Labute approximate surface area is 288 Å². The monoisotopic (exact) mass is 667 g/mol. The number of methoxy groups -OCH3 is 2. The number of ether oxygens (including phenoxy) is 4. The molecule has 1 aromatic heterocycles. The average Bonchev–Trinajstić information content (AvgIpc) is 3.09. The number of rotatable bonds is 15. The van der Waals surface area contributed by atoms with Gasteiger partial charge in [0.15, 0.2) is 6.61 Å². The number of amides is 2. The third kappa shape index (κ3) is 10.8. The molecular formula is C39H45N3O7. The molecule has 49 heavy (non-hydrogen) atoms. The first-order valence-electron chi connectivity index (χ1n) is 16.2. The zero-order valence-electron chi connectivity index (χ0n) is 28.9. The number of benzene rings is 3. The third-order valence-corrected chi connectivity index (χ3v) is 7.58. The van der Waals surface area contributed by atoms with E-state index in [1.165, 1.54) is 0 Å². The molecule has 1 heterocycles. The Morgan fingerprint density at radius 1 is 0.857 bits per heavy atom. The van der Waals surface area contributed by atoms with E-state index in [1.54, 1.807) is 65.5 Å². The minimum Gasteiger partial charge on any atom is -0.497 e. The number of carbonyl (C=O) groups is 3. The normalized spacial score (nSPS) is 12.3. The molecule has 4 aromatic rings. The molecule has 0 saturated carbocycles. The highest BCUT2D eigenvalue weighted by Gasteiger charge is 2.30. The summed E-state index contributed by atoms with van der Waals surface area (Å²) in [6.45, 7) is 7.61. The zero-order chi connectivity index (χ0) is 35.4. The number of nitrogens with zero attached hydrogens (tertiary/aromatic N) is 1. The molecule has 1 unspecified atom stereocenters. The van der Waals surface area contributed by atoms with Crippen molar-refractivity contribution in [3.63, 3.8) is 0 Å². The Kier molecular flexibility index (Phi) is 12.8. The standard InChI is InChI=1S/C39H45N3O7/c1-7-40-35(43)25-48-30-16-14-28(15-17-30)37(32-19-18-31(46-5)23-34(32)47-6)42-38(45)29(22-36(44)49-39(2,3)4)21-26-13-20-33(41-24-26)27-11-9-8-10-12-27/h8-20,23-24,29,37H,7,21-22,25H2,1-6H3,(H,40,43)(H,42,45)/t29-,37?/m1/s1. The van der Waals surface area contributed by atoms with Crippen molar-refractivity contribution in [2.75, 3.05) is 27.4 Å². The van der Waals surface area contributed by atoms with Crippen LogP contribution in [0, 0.1) is 5.92 Å². The van der Waals surface area contributed by atoms with Crippen molar-refractivity contribution in [3.05, 3.63) is 108 Å². The van der Waals surface area contributed by atoms with E-state index >= 15 is 0 Å². The molecule has 258 valence electrons. The van der Waals surface area contributed by atoms with Crippen LogP contribution in [0.1, 0.15) is 56.8 Å². The topological polar surface area (TPSA) is 125 Å². The van der Waals surface area contributed by atoms with Crippen LogP contribution in [0.5, 0.6) is 17.2 Å². The van der Waals surface area contributed by atoms with Crippen molar-refractivity contribution in [2.45, 2.75) is 52.2 Å². The molecule has 10 nitrogen and oxygen atoms in total. The average molecular weight is 668 g/mol. The van der Waals surface area contributed by atoms with Gasteiger partial charge in [-0.3, -0.25) is 19.4 Å². The van der Waals surface area contributed by atoms with Crippen molar-refractivity contribution in [1.29, 1.82) is 0 Å². The largest absolute Gasteiger partial charge is 0.497 e. The summed E-state index contributed by atoms with van der Waals surface area (Å²) in [5.41, 5.74) is 3.29. The lowest BCUT2D eigenvalue weighted by Crippen LogP contribution is -2.37. The van der Waals surface area contributed by atoms with Crippen LogP contribution in [0.3, 0.4) is 0 Å². The number of likely N-dealkylation sites (N-methyl/N-ethyl adjacent to an activating group) is 1. The van der Waals surface area contributed by atoms with E-state index in [4.69, 9.17) is 18.9 Å². The molecule has 0 spiro atoms. The molecule has 3 aromatic carbocycles. The van der Waals surface area contributed by atoms with Gasteiger partial charge in [0, 0.05) is 29.9 Å². The fraction of sp³-hybridized carbons (Fsp3) is 0.333. The minimum absolute atomic E-state index is 0.118. The quantitative estimate of drug-likeness (QED) is 0.146. The van der Waals surface area contributed by atoms with Gasteiger partial charge in [0.1, 0.15) is 22.8 Å². The SMILES string of the molecule is CCNC(=O)COc1ccc(C(NC(=O)[C@@H](CC(=O)OC(C)(C)C)Cc2ccc(-c3ccccc3)nc2)c2ccc(OC)cc2OC)cc1. The Morgan fingerprint density at radius 2 is 1.57 bits per heavy atom. The van der Waals surface area contributed by atoms with Crippen LogP contribution in [0.15, 0.2) is 91.1 Å². The molecule has 4 rings (SSSR count). The third-order valence-electron chi connectivity index (χ3n) is 7.58. The van der Waals surface area contributed by atoms with Gasteiger partial charge in [-0.25, -0.2) is 0 Å². The maximum atomic E-state index is 14.2. The van der Waals surface area contributed by atoms with Crippen LogP contribution >= 0.6 is 0 Å². The van der Waals surface area contributed by atoms with Crippen molar-refractivity contribution in [2.24, 2.45) is 5.92 Å². The van der Waals surface area contributed by atoms with Crippen LogP contribution in [0.2, 0.25) is 0 Å². The first-order chi connectivity index (χ1) is 23.5. The second kappa shape index (κ2) is 17.1. The van der Waals surface area contributed by atoms with Gasteiger partial charge < -0.3 is 29.6 Å². The molecule has 0 radical (unpaired) electrons. The summed E-state index contributed by atoms with van der Waals surface area (Å²) in [7, 11) is 3.11. The first-order valence-corrected chi connectivity index (χ1v) is 16.2. The number of carbonyl (C=O) groups excluding carboxylic acids is 3. The molecule has 0 fully saturated rings. The van der Waals surface area contributed by atoms with Gasteiger partial charge in [-0.15, -0.1) is 0 Å². The van der Waals surface area contributed by atoms with Crippen LogP contribution in [0.25, 0.3) is 11.3 Å². The second-order valence-corrected chi connectivity index (χ2v) is 12.5. The molecule has 10 heteroatoms. The van der Waals surface area contributed by atoms with Crippen molar-refractivity contribution in [3.8, 4) is 28.5 Å². The number of aromatic nitrogens is 1. The molecule has 0 aliphatic heterocycles. The zero-order valence-corrected chi connectivity index (χ0v) is 28.9. The van der Waals surface area contributed by atoms with Gasteiger partial charge in [-0.05, 0) is 75.6 Å². The number of esters is 1. The summed E-state index contributed by atoms with van der Waals surface area (Å²) in [6.07, 6.45) is 1.86. The lowest BCUT2D eigenvalue weighted by Gasteiger charge is -2.26. The van der Waals surface area contributed by atoms with Crippen LogP contribution < -0.4 is 24.8 Å². The van der Waals surface area contributed by atoms with Gasteiger partial charge >= 0.3 is 5.97 Å². The van der Waals surface area contributed by atoms with Crippen LogP contribution in [-0.4, -0.2) is 55.7 Å². The number of pyridine rings is 1. The Morgan fingerprint density at radius 3 is 2.18 bits per heavy atom. The van der Waals surface area contributed by atoms with E-state index in [2.05, 4.69) is 15.6 Å². The predicted octanol–water partition coefficient (Wildman–Crippen LogP) is 6.08. The molecule has 0 aliphatic rings. The van der Waals surface area contributed by atoms with E-state index in [0.717, 1.165) is 22.4 Å². The molecule has 2 N–H and O–H groups in total. The molecule has 2 atom stereocenters. The number of hydrogen-bond donors (Lipinski definition) is 2. The highest BCUT2D eigenvalue weighted by Crippen LogP contribution is 2.34. The maximum absolute atomic E-state index is 14.2. The lowest BCUT2D eigenvalue weighted by molar-refractivity contribution is -0.157. The molecular weight excluding hydrogens is 622 g/mol. The van der Waals surface area contributed by atoms with E-state index in [1.807, 2.05) is 67.6 Å². The van der Waals surface area contributed by atoms with Crippen molar-refractivity contribution < 1.29 is 33.3 Å². The fourth-order valence-electron chi connectivity index (χ4n) is 5.26. The second-order valence-electron chi connectivity index (χ2n) is 12.5.